The molecule has 0 aromatic heterocycles. The SMILES string of the molecule is CCCCP(CCCC)CCO[C@@H]1[C@H]2OC(C)(C)O[C@H]2O[C@@H]1[C@H]1COC(C)(C)O1. The van der Waals surface area contributed by atoms with Crippen LogP contribution in [-0.2, 0) is 28.4 Å². The molecule has 0 bridgehead atoms. The number of ether oxygens (including phenoxy) is 6. The van der Waals surface area contributed by atoms with Gasteiger partial charge in [-0.05, 0) is 59.0 Å². The van der Waals surface area contributed by atoms with Crippen molar-refractivity contribution < 1.29 is 28.4 Å². The van der Waals surface area contributed by atoms with Crippen LogP contribution in [0.1, 0.15) is 67.2 Å². The summed E-state index contributed by atoms with van der Waals surface area (Å²) in [6.45, 7) is 13.5. The molecule has 3 fully saturated rings. The van der Waals surface area contributed by atoms with Crippen LogP contribution in [0.2, 0.25) is 0 Å². The molecule has 6 nitrogen and oxygen atoms in total. The quantitative estimate of drug-likeness (QED) is 0.449. The van der Waals surface area contributed by atoms with Crippen molar-refractivity contribution in [2.45, 2.75) is 110 Å². The van der Waals surface area contributed by atoms with Crippen molar-refractivity contribution in [2.75, 3.05) is 31.7 Å². The van der Waals surface area contributed by atoms with E-state index in [4.69, 9.17) is 28.4 Å². The Morgan fingerprint density at radius 2 is 1.55 bits per heavy atom. The van der Waals surface area contributed by atoms with Gasteiger partial charge in [-0.25, -0.2) is 0 Å². The molecule has 3 aliphatic rings. The van der Waals surface area contributed by atoms with Crippen LogP contribution < -0.4 is 0 Å². The first-order valence-electron chi connectivity index (χ1n) is 11.4. The van der Waals surface area contributed by atoms with Gasteiger partial charge in [0, 0.05) is 0 Å². The van der Waals surface area contributed by atoms with Crippen LogP contribution in [0.3, 0.4) is 0 Å². The lowest BCUT2D eigenvalue weighted by atomic mass is 10.1. The van der Waals surface area contributed by atoms with Gasteiger partial charge in [-0.15, -0.1) is 7.92 Å². The van der Waals surface area contributed by atoms with Gasteiger partial charge in [0.15, 0.2) is 17.9 Å². The minimum atomic E-state index is -0.650. The van der Waals surface area contributed by atoms with Crippen LogP contribution in [0.5, 0.6) is 0 Å². The summed E-state index contributed by atoms with van der Waals surface area (Å²) in [5.41, 5.74) is 0. The first-order chi connectivity index (χ1) is 13.7. The maximum atomic E-state index is 6.44. The number of fused-ring (bicyclic) bond motifs is 1. The fourth-order valence-corrected chi connectivity index (χ4v) is 6.85. The molecule has 0 spiro atoms. The van der Waals surface area contributed by atoms with Crippen molar-refractivity contribution in [2.24, 2.45) is 0 Å². The van der Waals surface area contributed by atoms with Gasteiger partial charge in [-0.2, -0.15) is 0 Å². The molecule has 3 rings (SSSR count). The van der Waals surface area contributed by atoms with E-state index in [0.29, 0.717) is 6.61 Å². The number of unbranched alkanes of at least 4 members (excludes halogenated alkanes) is 2. The van der Waals surface area contributed by atoms with Crippen LogP contribution >= 0.6 is 7.92 Å². The Labute approximate surface area is 178 Å². The lowest BCUT2D eigenvalue weighted by Gasteiger charge is -2.29. The topological polar surface area (TPSA) is 55.4 Å². The Bertz CT molecular complexity index is 506. The fraction of sp³-hybridized carbons (Fsp3) is 1.00. The molecule has 3 heterocycles. The highest BCUT2D eigenvalue weighted by Gasteiger charge is 2.58. The molecule has 7 heteroatoms. The average molecular weight is 433 g/mol. The van der Waals surface area contributed by atoms with Crippen LogP contribution in [0, 0.1) is 0 Å². The Morgan fingerprint density at radius 1 is 0.862 bits per heavy atom. The third-order valence-electron chi connectivity index (χ3n) is 5.80. The predicted molar refractivity (Wildman–Crippen MR) is 115 cm³/mol. The van der Waals surface area contributed by atoms with E-state index in [9.17, 15) is 0 Å². The normalized spacial score (nSPS) is 35.5. The van der Waals surface area contributed by atoms with Crippen LogP contribution in [0.15, 0.2) is 0 Å². The fourth-order valence-electron chi connectivity index (χ4n) is 4.29. The monoisotopic (exact) mass is 432 g/mol. The molecule has 0 aliphatic carbocycles. The van der Waals surface area contributed by atoms with Crippen LogP contribution in [0.4, 0.5) is 0 Å². The highest BCUT2D eigenvalue weighted by atomic mass is 31.1. The van der Waals surface area contributed by atoms with E-state index in [1.165, 1.54) is 38.0 Å². The maximum absolute atomic E-state index is 6.44. The van der Waals surface area contributed by atoms with E-state index in [2.05, 4.69) is 13.8 Å². The number of rotatable bonds is 11. The Kier molecular flexibility index (Phi) is 8.39. The van der Waals surface area contributed by atoms with Gasteiger partial charge in [0.05, 0.1) is 13.2 Å². The highest BCUT2D eigenvalue weighted by Crippen LogP contribution is 2.43. The first kappa shape index (κ1) is 23.8. The lowest BCUT2D eigenvalue weighted by Crippen LogP contribution is -2.44. The average Bonchev–Trinajstić information content (AvgIpc) is 3.26. The molecule has 0 aromatic carbocycles. The minimum absolute atomic E-state index is 0.0406. The molecule has 0 N–H and O–H groups in total. The largest absolute Gasteiger partial charge is 0.372 e. The molecule has 3 saturated heterocycles. The second kappa shape index (κ2) is 10.2. The van der Waals surface area contributed by atoms with Crippen molar-refractivity contribution >= 4 is 7.92 Å². The summed E-state index contributed by atoms with van der Waals surface area (Å²) in [4.78, 5) is 0. The van der Waals surface area contributed by atoms with Crippen LogP contribution in [-0.4, -0.2) is 74.0 Å². The molecule has 0 radical (unpaired) electrons. The maximum Gasteiger partial charge on any atom is 0.190 e. The van der Waals surface area contributed by atoms with E-state index in [-0.39, 0.29) is 32.3 Å². The molecule has 0 amide bonds. The molecular weight excluding hydrogens is 391 g/mol. The third kappa shape index (κ3) is 6.35. The first-order valence-corrected chi connectivity index (χ1v) is 13.3. The Hall–Kier alpha value is 0.190. The van der Waals surface area contributed by atoms with E-state index >= 15 is 0 Å². The molecule has 5 atom stereocenters. The summed E-state index contributed by atoms with van der Waals surface area (Å²) in [7, 11) is 0.0406. The summed E-state index contributed by atoms with van der Waals surface area (Å²) < 4.78 is 36.6. The summed E-state index contributed by atoms with van der Waals surface area (Å²) in [5, 5.41) is 0. The molecule has 29 heavy (non-hydrogen) atoms. The standard InChI is InChI=1S/C22H41O6P/c1-7-9-12-29(13-10-8-2)14-11-23-18-17(16-15-24-21(3,4)26-16)25-20-19(18)27-22(5,6)28-20/h16-20H,7-15H2,1-6H3/t16-,17-,18+,19-,20-/m1/s1. The molecule has 0 aromatic rings. The van der Waals surface area contributed by atoms with Crippen molar-refractivity contribution in [1.82, 2.24) is 0 Å². The van der Waals surface area contributed by atoms with Gasteiger partial charge in [-0.1, -0.05) is 26.7 Å². The van der Waals surface area contributed by atoms with E-state index in [1.54, 1.807) is 0 Å². The van der Waals surface area contributed by atoms with Gasteiger partial charge < -0.3 is 28.4 Å². The zero-order chi connectivity index (χ0) is 21.1. The lowest BCUT2D eigenvalue weighted by molar-refractivity contribution is -0.235. The van der Waals surface area contributed by atoms with Gasteiger partial charge in [0.1, 0.15) is 24.4 Å². The van der Waals surface area contributed by atoms with Gasteiger partial charge >= 0.3 is 0 Å². The summed E-state index contributed by atoms with van der Waals surface area (Å²) in [6, 6.07) is 0. The Morgan fingerprint density at radius 3 is 2.14 bits per heavy atom. The second-order valence-electron chi connectivity index (χ2n) is 9.32. The minimum Gasteiger partial charge on any atom is -0.372 e. The highest BCUT2D eigenvalue weighted by molar-refractivity contribution is 7.57. The molecule has 0 unspecified atom stereocenters. The van der Waals surface area contributed by atoms with Gasteiger partial charge in [-0.3, -0.25) is 0 Å². The van der Waals surface area contributed by atoms with Crippen molar-refractivity contribution in [3.8, 4) is 0 Å². The molecular formula is C22H41O6P. The number of hydrogen-bond acceptors (Lipinski definition) is 6. The molecule has 3 aliphatic heterocycles. The Balaban J connectivity index is 1.59. The molecule has 170 valence electrons. The van der Waals surface area contributed by atoms with Crippen molar-refractivity contribution in [3.05, 3.63) is 0 Å². The van der Waals surface area contributed by atoms with Crippen LogP contribution in [0.25, 0.3) is 0 Å². The van der Waals surface area contributed by atoms with Gasteiger partial charge in [0.25, 0.3) is 0 Å². The third-order valence-corrected chi connectivity index (χ3v) is 8.51. The predicted octanol–water partition coefficient (Wildman–Crippen LogP) is 4.48. The molecule has 0 saturated carbocycles. The summed E-state index contributed by atoms with van der Waals surface area (Å²) in [6.07, 6.45) is 7.80. The van der Waals surface area contributed by atoms with Crippen molar-refractivity contribution in [1.29, 1.82) is 0 Å². The number of hydrogen-bond donors (Lipinski definition) is 0. The second-order valence-corrected chi connectivity index (χ2v) is 12.0. The smallest absolute Gasteiger partial charge is 0.190 e. The van der Waals surface area contributed by atoms with E-state index in [0.717, 1.165) is 12.8 Å². The van der Waals surface area contributed by atoms with Crippen molar-refractivity contribution in [3.63, 3.8) is 0 Å². The van der Waals surface area contributed by atoms with E-state index in [1.807, 2.05) is 27.7 Å². The van der Waals surface area contributed by atoms with Gasteiger partial charge in [0.2, 0.25) is 0 Å². The zero-order valence-corrected chi connectivity index (χ0v) is 20.0. The zero-order valence-electron chi connectivity index (χ0n) is 19.1. The van der Waals surface area contributed by atoms with E-state index < -0.39 is 17.9 Å². The summed E-state index contributed by atoms with van der Waals surface area (Å²) in [5.74, 6) is -1.24. The summed E-state index contributed by atoms with van der Waals surface area (Å²) >= 11 is 0.